The van der Waals surface area contributed by atoms with E-state index in [4.69, 9.17) is 4.74 Å². The number of aliphatic hydroxyl groups excluding tert-OH is 1. The lowest BCUT2D eigenvalue weighted by Crippen LogP contribution is -2.29. The highest BCUT2D eigenvalue weighted by molar-refractivity contribution is 6.51. The summed E-state index contributed by atoms with van der Waals surface area (Å²) >= 11 is 0. The molecule has 0 radical (unpaired) electrons. The highest BCUT2D eigenvalue weighted by Gasteiger charge is 2.47. The average Bonchev–Trinajstić information content (AvgIpc) is 3.09. The average molecular weight is 457 g/mol. The minimum Gasteiger partial charge on any atom is -0.507 e. The third-order valence-corrected chi connectivity index (χ3v) is 5.80. The van der Waals surface area contributed by atoms with Crippen molar-refractivity contribution in [2.24, 2.45) is 0 Å². The minimum atomic E-state index is -0.786. The van der Waals surface area contributed by atoms with Gasteiger partial charge in [0.05, 0.1) is 17.7 Å². The Labute approximate surface area is 199 Å². The van der Waals surface area contributed by atoms with E-state index in [0.29, 0.717) is 28.5 Å². The van der Waals surface area contributed by atoms with Crippen molar-refractivity contribution < 1.29 is 19.4 Å². The molecule has 1 fully saturated rings. The quantitative estimate of drug-likeness (QED) is 0.296. The highest BCUT2D eigenvalue weighted by atomic mass is 16.5. The van der Waals surface area contributed by atoms with Crippen molar-refractivity contribution >= 4 is 23.1 Å². The van der Waals surface area contributed by atoms with Gasteiger partial charge in [-0.25, -0.2) is 0 Å². The summed E-state index contributed by atoms with van der Waals surface area (Å²) in [5.74, 6) is -0.615. The molecule has 1 N–H and O–H groups in total. The van der Waals surface area contributed by atoms with E-state index in [-0.39, 0.29) is 17.4 Å². The summed E-state index contributed by atoms with van der Waals surface area (Å²) in [5, 5.41) is 11.1. The van der Waals surface area contributed by atoms with Gasteiger partial charge in [0.15, 0.2) is 0 Å². The third kappa shape index (κ3) is 4.44. The molecule has 1 aliphatic rings. The first-order chi connectivity index (χ1) is 16.3. The Morgan fingerprint density at radius 3 is 2.09 bits per heavy atom. The zero-order valence-corrected chi connectivity index (χ0v) is 19.7. The lowest BCUT2D eigenvalue weighted by Gasteiger charge is -2.26. The van der Waals surface area contributed by atoms with Gasteiger partial charge in [-0.05, 0) is 67.3 Å². The van der Waals surface area contributed by atoms with Gasteiger partial charge in [0, 0.05) is 23.6 Å². The third-order valence-electron chi connectivity index (χ3n) is 5.80. The molecule has 2 aromatic carbocycles. The van der Waals surface area contributed by atoms with Crippen LogP contribution in [0.1, 0.15) is 56.3 Å². The molecule has 1 aromatic heterocycles. The van der Waals surface area contributed by atoms with Crippen LogP contribution in [0.5, 0.6) is 5.75 Å². The number of aromatic nitrogens is 1. The first-order valence-corrected chi connectivity index (χ1v) is 11.4. The fourth-order valence-electron chi connectivity index (χ4n) is 4.10. The van der Waals surface area contributed by atoms with Gasteiger partial charge < -0.3 is 9.84 Å². The van der Waals surface area contributed by atoms with Gasteiger partial charge in [-0.1, -0.05) is 38.1 Å². The second-order valence-corrected chi connectivity index (χ2v) is 8.89. The van der Waals surface area contributed by atoms with E-state index >= 15 is 0 Å². The fraction of sp³-hybridized carbons (Fsp3) is 0.250. The molecular weight excluding hydrogens is 428 g/mol. The monoisotopic (exact) mass is 456 g/mol. The Morgan fingerprint density at radius 2 is 1.53 bits per heavy atom. The molecule has 1 saturated heterocycles. The molecular formula is C28H28N2O4. The topological polar surface area (TPSA) is 79.7 Å². The van der Waals surface area contributed by atoms with Crippen molar-refractivity contribution in [1.82, 2.24) is 4.98 Å². The van der Waals surface area contributed by atoms with E-state index in [9.17, 15) is 14.7 Å². The number of benzene rings is 2. The van der Waals surface area contributed by atoms with Crippen molar-refractivity contribution in [3.63, 3.8) is 0 Å². The van der Waals surface area contributed by atoms with Crippen molar-refractivity contribution in [3.05, 3.63) is 95.3 Å². The molecule has 4 rings (SSSR count). The molecule has 2 heterocycles. The van der Waals surface area contributed by atoms with E-state index in [1.165, 1.54) is 17.3 Å². The number of nitrogens with zero attached hydrogens (tertiary/aromatic N) is 2. The van der Waals surface area contributed by atoms with Gasteiger partial charge in [0.25, 0.3) is 11.7 Å². The standard InChI is InChI=1S/C28H28N2O4/c1-17(2)19-5-9-22(10-6-19)30-25(20-7-11-23(12-8-20)34-18(3)4)24(27(32)28(30)33)26(31)21-13-15-29-16-14-21/h5-18,25,31H,1-4H3/b26-24+. The minimum absolute atomic E-state index is 0.0163. The van der Waals surface area contributed by atoms with E-state index in [2.05, 4.69) is 18.8 Å². The maximum atomic E-state index is 13.3. The van der Waals surface area contributed by atoms with Crippen molar-refractivity contribution in [3.8, 4) is 5.75 Å². The number of amides is 1. The van der Waals surface area contributed by atoms with Crippen LogP contribution in [-0.2, 0) is 9.59 Å². The number of hydrogen-bond acceptors (Lipinski definition) is 5. The molecule has 1 unspecified atom stereocenters. The van der Waals surface area contributed by atoms with Crippen LogP contribution >= 0.6 is 0 Å². The molecule has 0 bridgehead atoms. The van der Waals surface area contributed by atoms with Crippen LogP contribution < -0.4 is 9.64 Å². The van der Waals surface area contributed by atoms with Gasteiger partial charge in [0.1, 0.15) is 11.5 Å². The number of carbonyl (C=O) groups excluding carboxylic acids is 2. The molecule has 34 heavy (non-hydrogen) atoms. The second kappa shape index (κ2) is 9.51. The summed E-state index contributed by atoms with van der Waals surface area (Å²) in [5.41, 5.74) is 2.88. The summed E-state index contributed by atoms with van der Waals surface area (Å²) in [6, 6.07) is 17.3. The smallest absolute Gasteiger partial charge is 0.300 e. The SMILES string of the molecule is CC(C)Oc1ccc(C2/C(=C(\O)c3ccncc3)C(=O)C(=O)N2c2ccc(C(C)C)cc2)cc1. The van der Waals surface area contributed by atoms with Gasteiger partial charge >= 0.3 is 0 Å². The molecule has 0 aliphatic carbocycles. The number of ether oxygens (including phenoxy) is 1. The normalized spacial score (nSPS) is 17.6. The summed E-state index contributed by atoms with van der Waals surface area (Å²) in [7, 11) is 0. The van der Waals surface area contributed by atoms with E-state index < -0.39 is 17.7 Å². The summed E-state index contributed by atoms with van der Waals surface area (Å²) in [4.78, 5) is 31.9. The Kier molecular flexibility index (Phi) is 6.50. The number of rotatable bonds is 6. The van der Waals surface area contributed by atoms with E-state index in [1.807, 2.05) is 62.4 Å². The summed E-state index contributed by atoms with van der Waals surface area (Å²) in [6.45, 7) is 8.07. The Bertz CT molecular complexity index is 1210. The molecule has 0 saturated carbocycles. The number of Topliss-reactive ketones (excluding diaryl/α,β-unsaturated/α-hetero) is 1. The fourth-order valence-corrected chi connectivity index (χ4v) is 4.10. The zero-order chi connectivity index (χ0) is 24.4. The van der Waals surface area contributed by atoms with Gasteiger partial charge in [-0.3, -0.25) is 19.5 Å². The number of carbonyl (C=O) groups is 2. The van der Waals surface area contributed by atoms with Crippen molar-refractivity contribution in [1.29, 1.82) is 0 Å². The molecule has 1 aliphatic heterocycles. The van der Waals surface area contributed by atoms with Crippen molar-refractivity contribution in [2.75, 3.05) is 4.90 Å². The zero-order valence-electron chi connectivity index (χ0n) is 19.7. The number of ketones is 1. The first-order valence-electron chi connectivity index (χ1n) is 11.4. The van der Waals surface area contributed by atoms with Gasteiger partial charge in [0.2, 0.25) is 0 Å². The Balaban J connectivity index is 1.86. The van der Waals surface area contributed by atoms with Crippen LogP contribution in [0.15, 0.2) is 78.6 Å². The number of hydrogen-bond donors (Lipinski definition) is 1. The first kappa shape index (κ1) is 23.2. The summed E-state index contributed by atoms with van der Waals surface area (Å²) < 4.78 is 5.75. The Morgan fingerprint density at radius 1 is 0.912 bits per heavy atom. The lowest BCUT2D eigenvalue weighted by atomic mass is 9.95. The van der Waals surface area contributed by atoms with Crippen LogP contribution in [0.3, 0.4) is 0 Å². The van der Waals surface area contributed by atoms with E-state index in [1.54, 1.807) is 12.1 Å². The van der Waals surface area contributed by atoms with E-state index in [0.717, 1.165) is 5.56 Å². The van der Waals surface area contributed by atoms with Crippen LogP contribution in [0.2, 0.25) is 0 Å². The Hall–Kier alpha value is -3.93. The van der Waals surface area contributed by atoms with Gasteiger partial charge in [-0.15, -0.1) is 0 Å². The van der Waals surface area contributed by atoms with Crippen LogP contribution in [0.4, 0.5) is 5.69 Å². The summed E-state index contributed by atoms with van der Waals surface area (Å²) in [6.07, 6.45) is 3.08. The van der Waals surface area contributed by atoms with Crippen molar-refractivity contribution in [2.45, 2.75) is 45.8 Å². The molecule has 174 valence electrons. The molecule has 6 heteroatoms. The van der Waals surface area contributed by atoms with Crippen LogP contribution in [0.25, 0.3) is 5.76 Å². The van der Waals surface area contributed by atoms with Crippen LogP contribution in [0, 0.1) is 0 Å². The van der Waals surface area contributed by atoms with Crippen LogP contribution in [-0.4, -0.2) is 27.9 Å². The molecule has 0 spiro atoms. The largest absolute Gasteiger partial charge is 0.507 e. The second-order valence-electron chi connectivity index (χ2n) is 8.89. The number of aliphatic hydroxyl groups is 1. The highest BCUT2D eigenvalue weighted by Crippen LogP contribution is 2.42. The molecule has 1 atom stereocenters. The number of pyridine rings is 1. The maximum Gasteiger partial charge on any atom is 0.300 e. The molecule has 6 nitrogen and oxygen atoms in total. The predicted molar refractivity (Wildman–Crippen MR) is 132 cm³/mol. The number of anilines is 1. The predicted octanol–water partition coefficient (Wildman–Crippen LogP) is 5.62. The molecule has 1 amide bonds. The maximum absolute atomic E-state index is 13.3. The lowest BCUT2D eigenvalue weighted by molar-refractivity contribution is -0.132. The van der Waals surface area contributed by atoms with Gasteiger partial charge in [-0.2, -0.15) is 0 Å². The molecule has 3 aromatic rings.